The quantitative estimate of drug-likeness (QED) is 0.874. The number of fused-ring (bicyclic) bond motifs is 1. The summed E-state index contributed by atoms with van der Waals surface area (Å²) in [5.41, 5.74) is 0.504. The maximum atomic E-state index is 10.8. The van der Waals surface area contributed by atoms with Gasteiger partial charge in [0, 0.05) is 37.2 Å². The van der Waals surface area contributed by atoms with Crippen LogP contribution in [0.5, 0.6) is 11.5 Å². The molecule has 1 aliphatic carbocycles. The Morgan fingerprint density at radius 3 is 2.96 bits per heavy atom. The summed E-state index contributed by atoms with van der Waals surface area (Å²) < 4.78 is 5.56. The van der Waals surface area contributed by atoms with Gasteiger partial charge in [0.05, 0.1) is 12.2 Å². The topological polar surface area (TPSA) is 52.9 Å². The SMILES string of the molecule is CCCOc1ccc(CN2CCC3(O)CCCCC3C2)c(O)c1. The van der Waals surface area contributed by atoms with Crippen molar-refractivity contribution in [2.24, 2.45) is 5.92 Å². The Balaban J connectivity index is 1.61. The van der Waals surface area contributed by atoms with Gasteiger partial charge in [-0.05, 0) is 31.7 Å². The number of benzene rings is 1. The summed E-state index contributed by atoms with van der Waals surface area (Å²) in [6.07, 6.45) is 6.29. The van der Waals surface area contributed by atoms with Crippen molar-refractivity contribution in [3.8, 4) is 11.5 Å². The standard InChI is InChI=1S/C19H29NO3/c1-2-11-23-17-7-6-15(18(21)12-17)13-20-10-9-19(22)8-4-3-5-16(19)14-20/h6-7,12,16,21-22H,2-5,8-11,13-14H2,1H3. The summed E-state index contributed by atoms with van der Waals surface area (Å²) in [6, 6.07) is 5.61. The molecule has 0 aromatic heterocycles. The van der Waals surface area contributed by atoms with E-state index < -0.39 is 5.60 Å². The highest BCUT2D eigenvalue weighted by Gasteiger charge is 2.42. The van der Waals surface area contributed by atoms with Crippen molar-refractivity contribution in [3.05, 3.63) is 23.8 Å². The fraction of sp³-hybridized carbons (Fsp3) is 0.684. The Hall–Kier alpha value is -1.26. The smallest absolute Gasteiger partial charge is 0.123 e. The van der Waals surface area contributed by atoms with Gasteiger partial charge in [-0.25, -0.2) is 0 Å². The van der Waals surface area contributed by atoms with Crippen molar-refractivity contribution >= 4 is 0 Å². The number of phenols is 1. The maximum absolute atomic E-state index is 10.8. The lowest BCUT2D eigenvalue weighted by Gasteiger charge is -2.47. The van der Waals surface area contributed by atoms with E-state index in [0.717, 1.165) is 63.1 Å². The van der Waals surface area contributed by atoms with E-state index in [1.54, 1.807) is 6.07 Å². The average molecular weight is 319 g/mol. The molecule has 1 saturated heterocycles. The maximum Gasteiger partial charge on any atom is 0.123 e. The highest BCUT2D eigenvalue weighted by Crippen LogP contribution is 2.40. The van der Waals surface area contributed by atoms with Crippen LogP contribution in [0.2, 0.25) is 0 Å². The second-order valence-electron chi connectivity index (χ2n) is 7.17. The second kappa shape index (κ2) is 7.10. The molecule has 128 valence electrons. The minimum Gasteiger partial charge on any atom is -0.507 e. The van der Waals surface area contributed by atoms with Gasteiger partial charge in [-0.3, -0.25) is 4.90 Å². The molecule has 2 fully saturated rings. The van der Waals surface area contributed by atoms with Gasteiger partial charge in [0.2, 0.25) is 0 Å². The number of rotatable bonds is 5. The minimum atomic E-state index is -0.436. The molecular weight excluding hydrogens is 290 g/mol. The van der Waals surface area contributed by atoms with Crippen molar-refractivity contribution in [1.82, 2.24) is 4.90 Å². The van der Waals surface area contributed by atoms with Gasteiger partial charge >= 0.3 is 0 Å². The van der Waals surface area contributed by atoms with Crippen LogP contribution in [0.4, 0.5) is 0 Å². The number of piperidine rings is 1. The molecule has 1 aromatic rings. The Morgan fingerprint density at radius 1 is 1.30 bits per heavy atom. The molecule has 1 heterocycles. The Kier molecular flexibility index (Phi) is 5.12. The molecular formula is C19H29NO3. The molecule has 0 bridgehead atoms. The zero-order valence-corrected chi connectivity index (χ0v) is 14.1. The van der Waals surface area contributed by atoms with E-state index in [2.05, 4.69) is 11.8 Å². The number of phenolic OH excluding ortho intramolecular Hbond substituents is 1. The number of hydrogen-bond donors (Lipinski definition) is 2. The van der Waals surface area contributed by atoms with E-state index in [1.165, 1.54) is 6.42 Å². The predicted molar refractivity (Wildman–Crippen MR) is 90.7 cm³/mol. The first kappa shape index (κ1) is 16.6. The van der Waals surface area contributed by atoms with Crippen molar-refractivity contribution < 1.29 is 14.9 Å². The molecule has 2 aliphatic rings. The molecule has 0 amide bonds. The van der Waals surface area contributed by atoms with Crippen LogP contribution >= 0.6 is 0 Å². The first-order chi connectivity index (χ1) is 11.1. The van der Waals surface area contributed by atoms with Crippen LogP contribution < -0.4 is 4.74 Å². The monoisotopic (exact) mass is 319 g/mol. The van der Waals surface area contributed by atoms with Gasteiger partial charge < -0.3 is 14.9 Å². The predicted octanol–water partition coefficient (Wildman–Crippen LogP) is 3.31. The average Bonchev–Trinajstić information content (AvgIpc) is 2.55. The highest BCUT2D eigenvalue weighted by atomic mass is 16.5. The number of aromatic hydroxyl groups is 1. The summed E-state index contributed by atoms with van der Waals surface area (Å²) in [7, 11) is 0. The van der Waals surface area contributed by atoms with Gasteiger partial charge in [-0.2, -0.15) is 0 Å². The molecule has 0 radical (unpaired) electrons. The normalized spacial score (nSPS) is 28.3. The summed E-state index contributed by atoms with van der Waals surface area (Å²) >= 11 is 0. The van der Waals surface area contributed by atoms with Crippen LogP contribution in [0, 0.1) is 5.92 Å². The lowest BCUT2D eigenvalue weighted by atomic mass is 9.71. The molecule has 4 heteroatoms. The first-order valence-corrected chi connectivity index (χ1v) is 9.00. The first-order valence-electron chi connectivity index (χ1n) is 9.00. The fourth-order valence-corrected chi connectivity index (χ4v) is 4.01. The number of likely N-dealkylation sites (tertiary alicyclic amines) is 1. The Morgan fingerprint density at radius 2 is 2.17 bits per heavy atom. The zero-order chi connectivity index (χ0) is 16.3. The fourth-order valence-electron chi connectivity index (χ4n) is 4.01. The van der Waals surface area contributed by atoms with Gasteiger partial charge in [0.25, 0.3) is 0 Å². The van der Waals surface area contributed by atoms with Crippen molar-refractivity contribution in [3.63, 3.8) is 0 Å². The Labute approximate surface area is 139 Å². The highest BCUT2D eigenvalue weighted by molar-refractivity contribution is 5.39. The lowest BCUT2D eigenvalue weighted by molar-refractivity contribution is -0.0968. The van der Waals surface area contributed by atoms with Crippen LogP contribution in [-0.4, -0.2) is 40.4 Å². The van der Waals surface area contributed by atoms with Gasteiger partial charge in [0.15, 0.2) is 0 Å². The number of ether oxygens (including phenoxy) is 1. The lowest BCUT2D eigenvalue weighted by Crippen LogP contribution is -2.52. The Bertz CT molecular complexity index is 533. The third kappa shape index (κ3) is 3.81. The minimum absolute atomic E-state index is 0.308. The third-order valence-corrected chi connectivity index (χ3v) is 5.44. The number of nitrogens with zero attached hydrogens (tertiary/aromatic N) is 1. The summed E-state index contributed by atoms with van der Waals surface area (Å²) in [4.78, 5) is 2.37. The third-order valence-electron chi connectivity index (χ3n) is 5.44. The van der Waals surface area contributed by atoms with Crippen LogP contribution in [0.3, 0.4) is 0 Å². The second-order valence-corrected chi connectivity index (χ2v) is 7.17. The largest absolute Gasteiger partial charge is 0.507 e. The van der Waals surface area contributed by atoms with Crippen molar-refractivity contribution in [1.29, 1.82) is 0 Å². The van der Waals surface area contributed by atoms with Crippen molar-refractivity contribution in [2.45, 2.75) is 57.6 Å². The summed E-state index contributed by atoms with van der Waals surface area (Å²) in [6.45, 7) is 5.32. The molecule has 1 saturated carbocycles. The summed E-state index contributed by atoms with van der Waals surface area (Å²) in [5, 5.41) is 21.0. The molecule has 1 aliphatic heterocycles. The molecule has 3 rings (SSSR count). The van der Waals surface area contributed by atoms with E-state index in [1.807, 2.05) is 12.1 Å². The van der Waals surface area contributed by atoms with Gasteiger partial charge in [-0.1, -0.05) is 25.8 Å². The van der Waals surface area contributed by atoms with Crippen LogP contribution in [0.25, 0.3) is 0 Å². The molecule has 2 atom stereocenters. The van der Waals surface area contributed by atoms with Gasteiger partial charge in [-0.15, -0.1) is 0 Å². The summed E-state index contributed by atoms with van der Waals surface area (Å²) in [5.74, 6) is 1.43. The van der Waals surface area contributed by atoms with E-state index in [4.69, 9.17) is 4.74 Å². The molecule has 4 nitrogen and oxygen atoms in total. The van der Waals surface area contributed by atoms with E-state index in [9.17, 15) is 10.2 Å². The van der Waals surface area contributed by atoms with E-state index >= 15 is 0 Å². The molecule has 1 aromatic carbocycles. The molecule has 23 heavy (non-hydrogen) atoms. The molecule has 0 spiro atoms. The number of hydrogen-bond acceptors (Lipinski definition) is 4. The van der Waals surface area contributed by atoms with Crippen LogP contribution in [-0.2, 0) is 6.54 Å². The molecule has 2 N–H and O–H groups in total. The van der Waals surface area contributed by atoms with Crippen LogP contribution in [0.1, 0.15) is 51.0 Å². The van der Waals surface area contributed by atoms with Crippen LogP contribution in [0.15, 0.2) is 18.2 Å². The zero-order valence-electron chi connectivity index (χ0n) is 14.1. The van der Waals surface area contributed by atoms with Crippen molar-refractivity contribution in [2.75, 3.05) is 19.7 Å². The van der Waals surface area contributed by atoms with Gasteiger partial charge in [0.1, 0.15) is 11.5 Å². The molecule has 2 unspecified atom stereocenters. The number of aliphatic hydroxyl groups is 1. The van der Waals surface area contributed by atoms with E-state index in [-0.39, 0.29) is 0 Å². The van der Waals surface area contributed by atoms with E-state index in [0.29, 0.717) is 18.3 Å².